The van der Waals surface area contributed by atoms with E-state index in [0.717, 1.165) is 12.3 Å². The first kappa shape index (κ1) is 13.7. The first-order valence-corrected chi connectivity index (χ1v) is 7.89. The summed E-state index contributed by atoms with van der Waals surface area (Å²) in [5, 5.41) is 3.49. The van der Waals surface area contributed by atoms with E-state index in [2.05, 4.69) is 17.2 Å². The summed E-state index contributed by atoms with van der Waals surface area (Å²) in [6, 6.07) is 1.02. The van der Waals surface area contributed by atoms with Gasteiger partial charge in [-0.2, -0.15) is 0 Å². The minimum Gasteiger partial charge on any atom is -0.370 e. The van der Waals surface area contributed by atoms with Crippen molar-refractivity contribution in [3.05, 3.63) is 0 Å². The molecule has 2 rings (SSSR count). The number of aliphatic imine (C=N–C) groups is 1. The summed E-state index contributed by atoms with van der Waals surface area (Å²) in [5.74, 6) is 1.50. The number of hydrogen-bond acceptors (Lipinski definition) is 1. The number of nitrogens with two attached hydrogens (primary N) is 1. The van der Waals surface area contributed by atoms with Gasteiger partial charge in [0.2, 0.25) is 0 Å². The Kier molecular flexibility index (Phi) is 5.33. The van der Waals surface area contributed by atoms with Gasteiger partial charge in [0.15, 0.2) is 5.96 Å². The molecule has 0 spiro atoms. The molecule has 2 aliphatic carbocycles. The van der Waals surface area contributed by atoms with Gasteiger partial charge in [-0.05, 0) is 38.0 Å². The largest absolute Gasteiger partial charge is 0.370 e. The van der Waals surface area contributed by atoms with Crippen LogP contribution in [0.2, 0.25) is 0 Å². The Morgan fingerprint density at radius 3 is 2.33 bits per heavy atom. The van der Waals surface area contributed by atoms with E-state index in [9.17, 15) is 0 Å². The number of nitrogens with one attached hydrogen (secondary N) is 1. The van der Waals surface area contributed by atoms with Crippen LogP contribution in [0.3, 0.4) is 0 Å². The number of nitrogens with zero attached hydrogens (tertiary/aromatic N) is 1. The lowest BCUT2D eigenvalue weighted by atomic mass is 9.83. The Hall–Kier alpha value is -0.730. The van der Waals surface area contributed by atoms with Crippen molar-refractivity contribution in [1.82, 2.24) is 5.32 Å². The highest BCUT2D eigenvalue weighted by atomic mass is 15.1. The molecule has 2 saturated carbocycles. The van der Waals surface area contributed by atoms with Crippen molar-refractivity contribution in [3.63, 3.8) is 0 Å². The van der Waals surface area contributed by atoms with Crippen LogP contribution in [0.25, 0.3) is 0 Å². The van der Waals surface area contributed by atoms with Crippen molar-refractivity contribution in [2.24, 2.45) is 16.6 Å². The van der Waals surface area contributed by atoms with Gasteiger partial charge in [-0.3, -0.25) is 4.99 Å². The first-order chi connectivity index (χ1) is 8.79. The molecular weight excluding hydrogens is 222 g/mol. The fourth-order valence-corrected chi connectivity index (χ4v) is 3.55. The molecule has 1 atom stereocenters. The maximum Gasteiger partial charge on any atom is 0.189 e. The van der Waals surface area contributed by atoms with Crippen molar-refractivity contribution in [3.8, 4) is 0 Å². The Labute approximate surface area is 112 Å². The Morgan fingerprint density at radius 2 is 1.72 bits per heavy atom. The van der Waals surface area contributed by atoms with Gasteiger partial charge < -0.3 is 11.1 Å². The van der Waals surface area contributed by atoms with Crippen LogP contribution < -0.4 is 11.1 Å². The molecule has 1 unspecified atom stereocenters. The van der Waals surface area contributed by atoms with Crippen molar-refractivity contribution < 1.29 is 0 Å². The molecule has 0 aromatic carbocycles. The lowest BCUT2D eigenvalue weighted by molar-refractivity contribution is 0.283. The number of rotatable bonds is 4. The summed E-state index contributed by atoms with van der Waals surface area (Å²) < 4.78 is 0. The standard InChI is InChI=1S/C15H29N3/c1-2-14(12-8-4-3-5-9-12)18-15(16)17-13-10-6-7-11-13/h12-14H,2-11H2,1H3,(H3,16,17,18). The van der Waals surface area contributed by atoms with E-state index in [1.165, 1.54) is 57.8 Å². The van der Waals surface area contributed by atoms with E-state index in [1.54, 1.807) is 0 Å². The van der Waals surface area contributed by atoms with Crippen LogP contribution >= 0.6 is 0 Å². The van der Waals surface area contributed by atoms with Gasteiger partial charge in [-0.1, -0.05) is 39.0 Å². The summed E-state index contributed by atoms with van der Waals surface area (Å²) in [7, 11) is 0. The Balaban J connectivity index is 1.84. The zero-order valence-corrected chi connectivity index (χ0v) is 11.8. The van der Waals surface area contributed by atoms with Crippen molar-refractivity contribution in [2.45, 2.75) is 83.2 Å². The van der Waals surface area contributed by atoms with E-state index in [1.807, 2.05) is 0 Å². The van der Waals surface area contributed by atoms with Crippen LogP contribution in [0.1, 0.15) is 71.1 Å². The molecule has 104 valence electrons. The first-order valence-electron chi connectivity index (χ1n) is 7.89. The second-order valence-electron chi connectivity index (χ2n) is 6.01. The summed E-state index contributed by atoms with van der Waals surface area (Å²) in [4.78, 5) is 4.64. The summed E-state index contributed by atoms with van der Waals surface area (Å²) in [6.07, 6.45) is 13.2. The lowest BCUT2D eigenvalue weighted by Gasteiger charge is -2.30. The molecule has 0 bridgehead atoms. The molecular formula is C15H29N3. The zero-order valence-electron chi connectivity index (χ0n) is 11.8. The van der Waals surface area contributed by atoms with Gasteiger partial charge in [0.25, 0.3) is 0 Å². The average molecular weight is 251 g/mol. The second-order valence-corrected chi connectivity index (χ2v) is 6.01. The summed E-state index contributed by atoms with van der Waals surface area (Å²) in [5.41, 5.74) is 6.08. The quantitative estimate of drug-likeness (QED) is 0.595. The predicted molar refractivity (Wildman–Crippen MR) is 77.7 cm³/mol. The third-order valence-electron chi connectivity index (χ3n) is 4.64. The maximum absolute atomic E-state index is 6.08. The topological polar surface area (TPSA) is 50.4 Å². The van der Waals surface area contributed by atoms with E-state index >= 15 is 0 Å². The fourth-order valence-electron chi connectivity index (χ4n) is 3.55. The average Bonchev–Trinajstić information content (AvgIpc) is 2.90. The van der Waals surface area contributed by atoms with Gasteiger partial charge in [0, 0.05) is 6.04 Å². The summed E-state index contributed by atoms with van der Waals surface area (Å²) in [6.45, 7) is 2.26. The highest BCUT2D eigenvalue weighted by molar-refractivity contribution is 5.78. The smallest absolute Gasteiger partial charge is 0.189 e. The molecule has 0 aromatic heterocycles. The second kappa shape index (κ2) is 7.01. The van der Waals surface area contributed by atoms with Gasteiger partial charge in [-0.15, -0.1) is 0 Å². The third kappa shape index (κ3) is 3.89. The van der Waals surface area contributed by atoms with Crippen LogP contribution in [0, 0.1) is 5.92 Å². The molecule has 0 heterocycles. The van der Waals surface area contributed by atoms with Gasteiger partial charge in [0.1, 0.15) is 0 Å². The van der Waals surface area contributed by atoms with Crippen LogP contribution in [0.4, 0.5) is 0 Å². The number of hydrogen-bond donors (Lipinski definition) is 2. The minimum atomic E-state index is 0.487. The van der Waals surface area contributed by atoms with Gasteiger partial charge >= 0.3 is 0 Å². The third-order valence-corrected chi connectivity index (χ3v) is 4.64. The van der Waals surface area contributed by atoms with Crippen LogP contribution in [0.5, 0.6) is 0 Å². The molecule has 0 amide bonds. The maximum atomic E-state index is 6.08. The van der Waals surface area contributed by atoms with Crippen molar-refractivity contribution in [1.29, 1.82) is 0 Å². The van der Waals surface area contributed by atoms with E-state index in [0.29, 0.717) is 18.0 Å². The van der Waals surface area contributed by atoms with Crippen LogP contribution in [-0.4, -0.2) is 18.0 Å². The zero-order chi connectivity index (χ0) is 12.8. The van der Waals surface area contributed by atoms with Crippen molar-refractivity contribution >= 4 is 5.96 Å². The predicted octanol–water partition coefficient (Wildman–Crippen LogP) is 3.19. The molecule has 2 fully saturated rings. The van der Waals surface area contributed by atoms with Crippen LogP contribution in [-0.2, 0) is 0 Å². The molecule has 0 aliphatic heterocycles. The molecule has 0 aromatic rings. The molecule has 3 heteroatoms. The highest BCUT2D eigenvalue weighted by Gasteiger charge is 2.23. The molecule has 0 radical (unpaired) electrons. The van der Waals surface area contributed by atoms with Crippen LogP contribution in [0.15, 0.2) is 4.99 Å². The number of guanidine groups is 1. The molecule has 0 saturated heterocycles. The van der Waals surface area contributed by atoms with Crippen molar-refractivity contribution in [2.75, 3.05) is 0 Å². The van der Waals surface area contributed by atoms with E-state index in [4.69, 9.17) is 5.73 Å². The SMILES string of the molecule is CCC(NC(N)=NC1CCCC1)C1CCCCC1. The molecule has 3 N–H and O–H groups in total. The van der Waals surface area contributed by atoms with Gasteiger partial charge in [-0.25, -0.2) is 0 Å². The van der Waals surface area contributed by atoms with E-state index < -0.39 is 0 Å². The monoisotopic (exact) mass is 251 g/mol. The molecule has 18 heavy (non-hydrogen) atoms. The fraction of sp³-hybridized carbons (Fsp3) is 0.933. The van der Waals surface area contributed by atoms with Gasteiger partial charge in [0.05, 0.1) is 6.04 Å². The van der Waals surface area contributed by atoms with E-state index in [-0.39, 0.29) is 0 Å². The Morgan fingerprint density at radius 1 is 1.11 bits per heavy atom. The molecule has 2 aliphatic rings. The summed E-state index contributed by atoms with van der Waals surface area (Å²) >= 11 is 0. The Bertz CT molecular complexity index is 263. The normalized spacial score (nSPS) is 25.3. The lowest BCUT2D eigenvalue weighted by Crippen LogP contribution is -2.44. The molecule has 3 nitrogen and oxygen atoms in total. The highest BCUT2D eigenvalue weighted by Crippen LogP contribution is 2.27. The minimum absolute atomic E-state index is 0.487.